The van der Waals surface area contributed by atoms with Crippen LogP contribution in [0.2, 0.25) is 0 Å². The van der Waals surface area contributed by atoms with Crippen LogP contribution >= 0.6 is 0 Å². The predicted molar refractivity (Wildman–Crippen MR) is 120 cm³/mol. The Hall–Kier alpha value is -3.67. The summed E-state index contributed by atoms with van der Waals surface area (Å²) in [6, 6.07) is 21.4. The van der Waals surface area contributed by atoms with Gasteiger partial charge in [-0.1, -0.05) is 42.5 Å². The molecule has 0 aliphatic carbocycles. The lowest BCUT2D eigenvalue weighted by Crippen LogP contribution is -2.44. The van der Waals surface area contributed by atoms with Crippen molar-refractivity contribution in [3.63, 3.8) is 0 Å². The summed E-state index contributed by atoms with van der Waals surface area (Å²) in [5.41, 5.74) is 3.43. The van der Waals surface area contributed by atoms with Gasteiger partial charge in [-0.2, -0.15) is 0 Å². The van der Waals surface area contributed by atoms with E-state index < -0.39 is 6.17 Å². The number of amides is 1. The maximum Gasteiger partial charge on any atom is 0.257 e. The first kappa shape index (κ1) is 20.6. The quantitative estimate of drug-likeness (QED) is 0.611. The Bertz CT molecular complexity index is 1070. The van der Waals surface area contributed by atoms with Crippen molar-refractivity contribution in [3.8, 4) is 17.2 Å². The van der Waals surface area contributed by atoms with E-state index in [1.807, 2.05) is 53.4 Å². The van der Waals surface area contributed by atoms with Crippen LogP contribution in [-0.2, 0) is 6.42 Å². The maximum atomic E-state index is 13.5. The van der Waals surface area contributed by atoms with Crippen LogP contribution in [0, 0.1) is 0 Å². The molecular formula is C25H26N2O4. The minimum Gasteiger partial charge on any atom is -0.496 e. The topological polar surface area (TPSA) is 60.0 Å². The van der Waals surface area contributed by atoms with E-state index in [-0.39, 0.29) is 5.91 Å². The summed E-state index contributed by atoms with van der Waals surface area (Å²) in [6.07, 6.45) is 0.323. The fourth-order valence-electron chi connectivity index (χ4n) is 3.93. The van der Waals surface area contributed by atoms with E-state index in [1.165, 1.54) is 5.56 Å². The number of nitrogens with zero attached hydrogens (tertiary/aromatic N) is 1. The molecule has 1 atom stereocenters. The van der Waals surface area contributed by atoms with E-state index in [0.717, 1.165) is 17.7 Å². The average Bonchev–Trinajstić information content (AvgIpc) is 2.83. The van der Waals surface area contributed by atoms with Gasteiger partial charge in [0.05, 0.1) is 26.9 Å². The number of carbonyl (C=O) groups is 1. The summed E-state index contributed by atoms with van der Waals surface area (Å²) in [5.74, 6) is 1.75. The standard InChI is InChI=1S/C25H26N2O4/c1-29-21-16-23(31-3)22(30-2)15-19(21)24-26-20-12-8-7-11-18(20)25(28)27(24)14-13-17-9-5-4-6-10-17/h4-12,15-16,24,26H,13-14H2,1-3H3. The van der Waals surface area contributed by atoms with Crippen LogP contribution in [-0.4, -0.2) is 38.7 Å². The summed E-state index contributed by atoms with van der Waals surface area (Å²) in [4.78, 5) is 15.3. The number of fused-ring (bicyclic) bond motifs is 1. The molecule has 31 heavy (non-hydrogen) atoms. The molecule has 4 rings (SSSR count). The van der Waals surface area contributed by atoms with Gasteiger partial charge in [0.15, 0.2) is 11.5 Å². The van der Waals surface area contributed by atoms with Crippen molar-refractivity contribution in [1.29, 1.82) is 0 Å². The molecule has 0 saturated heterocycles. The first-order valence-electron chi connectivity index (χ1n) is 10.2. The molecule has 3 aromatic carbocycles. The van der Waals surface area contributed by atoms with Gasteiger partial charge in [-0.15, -0.1) is 0 Å². The second kappa shape index (κ2) is 9.00. The van der Waals surface area contributed by atoms with E-state index in [0.29, 0.717) is 29.4 Å². The van der Waals surface area contributed by atoms with Crippen molar-refractivity contribution >= 4 is 11.6 Å². The predicted octanol–water partition coefficient (Wildman–Crippen LogP) is 4.52. The molecule has 0 radical (unpaired) electrons. The number of nitrogens with one attached hydrogen (secondary N) is 1. The Kier molecular flexibility index (Phi) is 5.98. The molecule has 6 nitrogen and oxygen atoms in total. The number of rotatable bonds is 7. The van der Waals surface area contributed by atoms with Crippen molar-refractivity contribution in [3.05, 3.63) is 83.4 Å². The molecule has 1 aliphatic rings. The second-order valence-electron chi connectivity index (χ2n) is 7.28. The highest BCUT2D eigenvalue weighted by molar-refractivity contribution is 6.01. The highest BCUT2D eigenvalue weighted by atomic mass is 16.5. The lowest BCUT2D eigenvalue weighted by Gasteiger charge is -2.39. The van der Waals surface area contributed by atoms with Crippen molar-refractivity contribution < 1.29 is 19.0 Å². The highest BCUT2D eigenvalue weighted by Crippen LogP contribution is 2.42. The smallest absolute Gasteiger partial charge is 0.257 e. The Balaban J connectivity index is 1.76. The van der Waals surface area contributed by atoms with Crippen LogP contribution < -0.4 is 19.5 Å². The third-order valence-electron chi connectivity index (χ3n) is 5.54. The number of para-hydroxylation sites is 1. The molecule has 1 N–H and O–H groups in total. The molecule has 0 saturated carbocycles. The summed E-state index contributed by atoms with van der Waals surface area (Å²) < 4.78 is 16.6. The molecule has 0 bridgehead atoms. The van der Waals surface area contributed by atoms with E-state index in [2.05, 4.69) is 17.4 Å². The zero-order chi connectivity index (χ0) is 21.8. The molecule has 160 valence electrons. The lowest BCUT2D eigenvalue weighted by molar-refractivity contribution is 0.0683. The third kappa shape index (κ3) is 4.01. The van der Waals surface area contributed by atoms with Crippen LogP contribution in [0.4, 0.5) is 5.69 Å². The van der Waals surface area contributed by atoms with Crippen molar-refractivity contribution in [2.24, 2.45) is 0 Å². The summed E-state index contributed by atoms with van der Waals surface area (Å²) in [5, 5.41) is 3.52. The van der Waals surface area contributed by atoms with Crippen LogP contribution in [0.15, 0.2) is 66.7 Å². The number of hydrogen-bond donors (Lipinski definition) is 1. The highest BCUT2D eigenvalue weighted by Gasteiger charge is 2.34. The zero-order valence-corrected chi connectivity index (χ0v) is 17.9. The largest absolute Gasteiger partial charge is 0.496 e. The van der Waals surface area contributed by atoms with Crippen molar-refractivity contribution in [2.45, 2.75) is 12.6 Å². The van der Waals surface area contributed by atoms with Crippen LogP contribution in [0.25, 0.3) is 0 Å². The summed E-state index contributed by atoms with van der Waals surface area (Å²) >= 11 is 0. The average molecular weight is 418 g/mol. The van der Waals surface area contributed by atoms with Crippen LogP contribution in [0.1, 0.15) is 27.7 Å². The Morgan fingerprint density at radius 1 is 0.839 bits per heavy atom. The summed E-state index contributed by atoms with van der Waals surface area (Å²) in [6.45, 7) is 0.548. The number of ether oxygens (including phenoxy) is 3. The van der Waals surface area contributed by atoms with Crippen molar-refractivity contribution in [1.82, 2.24) is 4.90 Å². The van der Waals surface area contributed by atoms with Crippen LogP contribution in [0.5, 0.6) is 17.2 Å². The first-order chi connectivity index (χ1) is 15.2. The van der Waals surface area contributed by atoms with Gasteiger partial charge in [-0.3, -0.25) is 4.79 Å². The monoisotopic (exact) mass is 418 g/mol. The fourth-order valence-corrected chi connectivity index (χ4v) is 3.93. The number of benzene rings is 3. The Morgan fingerprint density at radius 2 is 1.48 bits per heavy atom. The minimum atomic E-state index is -0.416. The molecule has 1 aliphatic heterocycles. The maximum absolute atomic E-state index is 13.5. The number of methoxy groups -OCH3 is 3. The summed E-state index contributed by atoms with van der Waals surface area (Å²) in [7, 11) is 4.79. The van der Waals surface area contributed by atoms with Crippen LogP contribution in [0.3, 0.4) is 0 Å². The molecule has 6 heteroatoms. The van der Waals surface area contributed by atoms with Gasteiger partial charge in [0.1, 0.15) is 11.9 Å². The normalized spacial score (nSPS) is 15.1. The molecule has 0 aromatic heterocycles. The van der Waals surface area contributed by atoms with Gasteiger partial charge in [-0.05, 0) is 30.2 Å². The first-order valence-corrected chi connectivity index (χ1v) is 10.2. The van der Waals surface area contributed by atoms with E-state index in [1.54, 1.807) is 27.4 Å². The molecule has 3 aromatic rings. The van der Waals surface area contributed by atoms with E-state index in [4.69, 9.17) is 14.2 Å². The lowest BCUT2D eigenvalue weighted by atomic mass is 10.0. The molecule has 0 fully saturated rings. The Morgan fingerprint density at radius 3 is 2.19 bits per heavy atom. The number of anilines is 1. The van der Waals surface area contributed by atoms with Gasteiger partial charge in [-0.25, -0.2) is 0 Å². The number of carbonyl (C=O) groups excluding carboxylic acids is 1. The van der Waals surface area contributed by atoms with Gasteiger partial charge in [0.2, 0.25) is 0 Å². The minimum absolute atomic E-state index is 0.0212. The number of hydrogen-bond acceptors (Lipinski definition) is 5. The Labute approximate surface area is 182 Å². The molecule has 1 heterocycles. The zero-order valence-electron chi connectivity index (χ0n) is 17.9. The molecule has 0 spiro atoms. The fraction of sp³-hybridized carbons (Fsp3) is 0.240. The third-order valence-corrected chi connectivity index (χ3v) is 5.54. The van der Waals surface area contributed by atoms with E-state index in [9.17, 15) is 4.79 Å². The van der Waals surface area contributed by atoms with E-state index >= 15 is 0 Å². The molecular weight excluding hydrogens is 392 g/mol. The molecule has 1 unspecified atom stereocenters. The van der Waals surface area contributed by atoms with Gasteiger partial charge < -0.3 is 24.4 Å². The van der Waals surface area contributed by atoms with Crippen molar-refractivity contribution in [2.75, 3.05) is 33.2 Å². The van der Waals surface area contributed by atoms with Gasteiger partial charge >= 0.3 is 0 Å². The van der Waals surface area contributed by atoms with Gasteiger partial charge in [0.25, 0.3) is 5.91 Å². The second-order valence-corrected chi connectivity index (χ2v) is 7.28. The molecule has 1 amide bonds. The van der Waals surface area contributed by atoms with Gasteiger partial charge in [0, 0.05) is 23.9 Å². The SMILES string of the molecule is COc1cc(OC)c(C2Nc3ccccc3C(=O)N2CCc2ccccc2)cc1OC.